The molecule has 1 rings (SSSR count). The Balaban J connectivity index is 2.43. The molecule has 1 amide bonds. The fraction of sp³-hybridized carbons (Fsp3) is 0.833. The van der Waals surface area contributed by atoms with Crippen molar-refractivity contribution in [3.05, 3.63) is 0 Å². The molecule has 1 saturated heterocycles. The van der Waals surface area contributed by atoms with E-state index in [-0.39, 0.29) is 11.8 Å². The Labute approximate surface area is 91.8 Å². The minimum Gasteiger partial charge on any atom is -0.342 e. The van der Waals surface area contributed by atoms with Crippen LogP contribution in [0.4, 0.5) is 0 Å². The van der Waals surface area contributed by atoms with Gasteiger partial charge in [-0.3, -0.25) is 9.59 Å². The van der Waals surface area contributed by atoms with Gasteiger partial charge in [-0.2, -0.15) is 0 Å². The molecule has 0 saturated carbocycles. The SMILES string of the molecule is CCCCC(=O)N1CCC(=O)C(CC)C1. The zero-order valence-electron chi connectivity index (χ0n) is 9.79. The first-order chi connectivity index (χ1) is 7.19. The highest BCUT2D eigenvalue weighted by molar-refractivity contribution is 5.85. The molecule has 15 heavy (non-hydrogen) atoms. The normalized spacial score (nSPS) is 21.9. The van der Waals surface area contributed by atoms with E-state index in [9.17, 15) is 9.59 Å². The molecule has 1 unspecified atom stereocenters. The lowest BCUT2D eigenvalue weighted by Gasteiger charge is -2.31. The van der Waals surface area contributed by atoms with Crippen molar-refractivity contribution < 1.29 is 9.59 Å². The van der Waals surface area contributed by atoms with E-state index >= 15 is 0 Å². The average molecular weight is 211 g/mol. The number of carbonyl (C=O) groups excluding carboxylic acids is 2. The summed E-state index contributed by atoms with van der Waals surface area (Å²) in [6.07, 6.45) is 4.06. The van der Waals surface area contributed by atoms with E-state index in [2.05, 4.69) is 6.92 Å². The van der Waals surface area contributed by atoms with Crippen LogP contribution < -0.4 is 0 Å². The summed E-state index contributed by atoms with van der Waals surface area (Å²) in [5.41, 5.74) is 0. The highest BCUT2D eigenvalue weighted by Gasteiger charge is 2.27. The molecule has 0 bridgehead atoms. The van der Waals surface area contributed by atoms with Gasteiger partial charge in [-0.15, -0.1) is 0 Å². The van der Waals surface area contributed by atoms with Gasteiger partial charge in [0.1, 0.15) is 5.78 Å². The van der Waals surface area contributed by atoms with Gasteiger partial charge in [0.25, 0.3) is 0 Å². The van der Waals surface area contributed by atoms with E-state index < -0.39 is 0 Å². The molecule has 3 nitrogen and oxygen atoms in total. The van der Waals surface area contributed by atoms with E-state index in [0.717, 1.165) is 19.3 Å². The van der Waals surface area contributed by atoms with Crippen LogP contribution in [-0.4, -0.2) is 29.7 Å². The smallest absolute Gasteiger partial charge is 0.222 e. The average Bonchev–Trinajstić information content (AvgIpc) is 2.26. The summed E-state index contributed by atoms with van der Waals surface area (Å²) in [7, 11) is 0. The Morgan fingerprint density at radius 3 is 2.80 bits per heavy atom. The number of likely N-dealkylation sites (tertiary alicyclic amines) is 1. The van der Waals surface area contributed by atoms with Crippen molar-refractivity contribution in [3.63, 3.8) is 0 Å². The van der Waals surface area contributed by atoms with Crippen molar-refractivity contribution in [2.45, 2.75) is 46.0 Å². The first-order valence-corrected chi connectivity index (χ1v) is 5.99. The van der Waals surface area contributed by atoms with Gasteiger partial charge >= 0.3 is 0 Å². The third-order valence-corrected chi connectivity index (χ3v) is 3.11. The molecule has 1 atom stereocenters. The standard InChI is InChI=1S/C12H21NO2/c1-3-5-6-12(15)13-8-7-11(14)10(4-2)9-13/h10H,3-9H2,1-2H3. The Bertz CT molecular complexity index is 238. The second kappa shape index (κ2) is 5.89. The van der Waals surface area contributed by atoms with Crippen molar-refractivity contribution in [3.8, 4) is 0 Å². The molecule has 0 radical (unpaired) electrons. The number of hydrogen-bond acceptors (Lipinski definition) is 2. The predicted octanol–water partition coefficient (Wildman–Crippen LogP) is 2.00. The molecular formula is C12H21NO2. The molecule has 1 fully saturated rings. The lowest BCUT2D eigenvalue weighted by Crippen LogP contribution is -2.43. The van der Waals surface area contributed by atoms with Crippen LogP contribution in [0.3, 0.4) is 0 Å². The fourth-order valence-corrected chi connectivity index (χ4v) is 1.98. The first-order valence-electron chi connectivity index (χ1n) is 5.99. The van der Waals surface area contributed by atoms with Crippen LogP contribution in [0.1, 0.15) is 46.0 Å². The first kappa shape index (κ1) is 12.2. The van der Waals surface area contributed by atoms with Crippen LogP contribution >= 0.6 is 0 Å². The van der Waals surface area contributed by atoms with Crippen LogP contribution in [0.2, 0.25) is 0 Å². The summed E-state index contributed by atoms with van der Waals surface area (Å²) in [5, 5.41) is 0. The molecule has 86 valence electrons. The number of Topliss-reactive ketones (excluding diaryl/α,β-unsaturated/α-hetero) is 1. The summed E-state index contributed by atoms with van der Waals surface area (Å²) >= 11 is 0. The number of unbranched alkanes of at least 4 members (excludes halogenated alkanes) is 1. The van der Waals surface area contributed by atoms with Gasteiger partial charge in [-0.25, -0.2) is 0 Å². The van der Waals surface area contributed by atoms with Crippen LogP contribution in [0.25, 0.3) is 0 Å². The van der Waals surface area contributed by atoms with Gasteiger partial charge < -0.3 is 4.90 Å². The number of ketones is 1. The molecule has 0 N–H and O–H groups in total. The molecule has 0 aliphatic carbocycles. The van der Waals surface area contributed by atoms with Gasteiger partial charge in [0.05, 0.1) is 0 Å². The van der Waals surface area contributed by atoms with Gasteiger partial charge in [-0.1, -0.05) is 20.3 Å². The van der Waals surface area contributed by atoms with Crippen molar-refractivity contribution >= 4 is 11.7 Å². The lowest BCUT2D eigenvalue weighted by molar-refractivity contribution is -0.137. The highest BCUT2D eigenvalue weighted by Crippen LogP contribution is 2.17. The maximum Gasteiger partial charge on any atom is 0.222 e. The second-order valence-electron chi connectivity index (χ2n) is 4.26. The van der Waals surface area contributed by atoms with E-state index in [4.69, 9.17) is 0 Å². The summed E-state index contributed by atoms with van der Waals surface area (Å²) < 4.78 is 0. The number of piperidine rings is 1. The van der Waals surface area contributed by atoms with E-state index in [1.54, 1.807) is 0 Å². The third-order valence-electron chi connectivity index (χ3n) is 3.11. The molecule has 0 aromatic rings. The monoisotopic (exact) mass is 211 g/mol. The second-order valence-corrected chi connectivity index (χ2v) is 4.26. The molecule has 1 aliphatic heterocycles. The zero-order valence-corrected chi connectivity index (χ0v) is 9.79. The Morgan fingerprint density at radius 2 is 2.20 bits per heavy atom. The van der Waals surface area contributed by atoms with E-state index in [1.165, 1.54) is 0 Å². The Kier molecular flexibility index (Phi) is 4.79. The summed E-state index contributed by atoms with van der Waals surface area (Å²) in [6.45, 7) is 5.39. The number of amides is 1. The summed E-state index contributed by atoms with van der Waals surface area (Å²) in [6, 6.07) is 0. The molecule has 1 heterocycles. The Hall–Kier alpha value is -0.860. The fourth-order valence-electron chi connectivity index (χ4n) is 1.98. The van der Waals surface area contributed by atoms with Gasteiger partial charge in [0.15, 0.2) is 0 Å². The van der Waals surface area contributed by atoms with Crippen LogP contribution in [0.15, 0.2) is 0 Å². The molecular weight excluding hydrogens is 190 g/mol. The minimum absolute atomic E-state index is 0.0873. The third kappa shape index (κ3) is 3.33. The lowest BCUT2D eigenvalue weighted by atomic mass is 9.94. The number of rotatable bonds is 4. The van der Waals surface area contributed by atoms with E-state index in [0.29, 0.717) is 31.7 Å². The topological polar surface area (TPSA) is 37.4 Å². The maximum absolute atomic E-state index is 11.7. The van der Waals surface area contributed by atoms with Crippen LogP contribution in [-0.2, 0) is 9.59 Å². The highest BCUT2D eigenvalue weighted by atomic mass is 16.2. The van der Waals surface area contributed by atoms with Crippen molar-refractivity contribution in [2.75, 3.05) is 13.1 Å². The summed E-state index contributed by atoms with van der Waals surface area (Å²) in [4.78, 5) is 25.1. The van der Waals surface area contributed by atoms with Crippen molar-refractivity contribution in [1.29, 1.82) is 0 Å². The summed E-state index contributed by atoms with van der Waals surface area (Å²) in [5.74, 6) is 0.643. The van der Waals surface area contributed by atoms with Crippen molar-refractivity contribution in [2.24, 2.45) is 5.92 Å². The van der Waals surface area contributed by atoms with Crippen molar-refractivity contribution in [1.82, 2.24) is 4.90 Å². The molecule has 1 aliphatic rings. The quantitative estimate of drug-likeness (QED) is 0.713. The molecule has 3 heteroatoms. The largest absolute Gasteiger partial charge is 0.342 e. The van der Waals surface area contributed by atoms with Gasteiger partial charge in [0.2, 0.25) is 5.91 Å². The number of nitrogens with zero attached hydrogens (tertiary/aromatic N) is 1. The number of carbonyl (C=O) groups is 2. The number of hydrogen-bond donors (Lipinski definition) is 0. The van der Waals surface area contributed by atoms with Crippen LogP contribution in [0.5, 0.6) is 0 Å². The zero-order chi connectivity index (χ0) is 11.3. The van der Waals surface area contributed by atoms with Crippen LogP contribution in [0, 0.1) is 5.92 Å². The minimum atomic E-state index is 0.0873. The molecule has 0 spiro atoms. The predicted molar refractivity (Wildman–Crippen MR) is 59.5 cm³/mol. The maximum atomic E-state index is 11.7. The Morgan fingerprint density at radius 1 is 1.47 bits per heavy atom. The molecule has 0 aromatic carbocycles. The van der Waals surface area contributed by atoms with Gasteiger partial charge in [0, 0.05) is 31.8 Å². The van der Waals surface area contributed by atoms with Gasteiger partial charge in [-0.05, 0) is 12.8 Å². The van der Waals surface area contributed by atoms with E-state index in [1.807, 2.05) is 11.8 Å². The molecule has 0 aromatic heterocycles.